The highest BCUT2D eigenvalue weighted by Gasteiger charge is 2.28. The van der Waals surface area contributed by atoms with Crippen LogP contribution in [0.25, 0.3) is 0 Å². The SMILES string of the molecule is COc1cc(C=O)ccc1OCCN1C(=O)CCCC1=O.COc1cc(C=O)ccc1SCCN1C(=O)CCC1=O. The Labute approximate surface area is 242 Å². The fourth-order valence-electron chi connectivity index (χ4n) is 4.17. The number of rotatable bonds is 12. The highest BCUT2D eigenvalue weighted by atomic mass is 32.2. The number of aldehydes is 2. The van der Waals surface area contributed by atoms with Gasteiger partial charge in [0.15, 0.2) is 11.5 Å². The quantitative estimate of drug-likeness (QED) is 0.208. The van der Waals surface area contributed by atoms with Gasteiger partial charge in [0.05, 0.1) is 20.8 Å². The molecular formula is C29H32N2O9S. The van der Waals surface area contributed by atoms with Gasteiger partial charge in [-0.3, -0.25) is 38.6 Å². The van der Waals surface area contributed by atoms with E-state index in [1.165, 1.54) is 28.7 Å². The van der Waals surface area contributed by atoms with Crippen LogP contribution in [0.1, 0.15) is 52.8 Å². The van der Waals surface area contributed by atoms with Crippen molar-refractivity contribution in [3.8, 4) is 17.2 Å². The zero-order chi connectivity index (χ0) is 29.8. The molecule has 0 radical (unpaired) electrons. The number of benzene rings is 2. The minimum absolute atomic E-state index is 0.0983. The fraction of sp³-hybridized carbons (Fsp3) is 0.379. The summed E-state index contributed by atoms with van der Waals surface area (Å²) in [4.78, 5) is 71.0. The van der Waals surface area contributed by atoms with Crippen LogP contribution in [0.5, 0.6) is 17.2 Å². The molecule has 41 heavy (non-hydrogen) atoms. The summed E-state index contributed by atoms with van der Waals surface area (Å²) in [5, 5.41) is 0. The molecule has 4 amide bonds. The van der Waals surface area contributed by atoms with Gasteiger partial charge in [-0.25, -0.2) is 0 Å². The number of carbonyl (C=O) groups excluding carboxylic acids is 6. The summed E-state index contributed by atoms with van der Waals surface area (Å²) in [7, 11) is 3.02. The van der Waals surface area contributed by atoms with Gasteiger partial charge in [-0.05, 0) is 36.8 Å². The number of nitrogens with zero attached hydrogens (tertiary/aromatic N) is 2. The summed E-state index contributed by atoms with van der Waals surface area (Å²) in [6, 6.07) is 10.00. The van der Waals surface area contributed by atoms with Gasteiger partial charge in [0, 0.05) is 54.0 Å². The third-order valence-corrected chi connectivity index (χ3v) is 7.37. The minimum atomic E-state index is -0.155. The van der Waals surface area contributed by atoms with E-state index in [1.807, 2.05) is 0 Å². The molecule has 2 aromatic rings. The van der Waals surface area contributed by atoms with E-state index in [0.29, 0.717) is 72.8 Å². The Bertz CT molecular complexity index is 1270. The summed E-state index contributed by atoms with van der Waals surface area (Å²) in [5.41, 5.74) is 1.04. The summed E-state index contributed by atoms with van der Waals surface area (Å²) in [6.45, 7) is 0.811. The molecule has 0 aliphatic carbocycles. The number of thioether (sulfide) groups is 1. The van der Waals surface area contributed by atoms with Gasteiger partial charge in [-0.2, -0.15) is 0 Å². The molecule has 12 heteroatoms. The summed E-state index contributed by atoms with van der Waals surface area (Å²) < 4.78 is 15.9. The van der Waals surface area contributed by atoms with Crippen LogP contribution in [0.15, 0.2) is 41.3 Å². The Kier molecular flexibility index (Phi) is 11.9. The average Bonchev–Trinajstić information content (AvgIpc) is 3.31. The second-order valence-electron chi connectivity index (χ2n) is 8.99. The van der Waals surface area contributed by atoms with Crippen molar-refractivity contribution in [2.45, 2.75) is 37.0 Å². The van der Waals surface area contributed by atoms with Crippen molar-refractivity contribution >= 4 is 48.0 Å². The molecule has 0 bridgehead atoms. The molecular weight excluding hydrogens is 552 g/mol. The van der Waals surface area contributed by atoms with E-state index < -0.39 is 0 Å². The number of imide groups is 2. The van der Waals surface area contributed by atoms with Gasteiger partial charge in [-0.15, -0.1) is 11.8 Å². The Morgan fingerprint density at radius 2 is 1.24 bits per heavy atom. The zero-order valence-electron chi connectivity index (χ0n) is 23.0. The number of piperidine rings is 1. The van der Waals surface area contributed by atoms with Gasteiger partial charge in [0.25, 0.3) is 0 Å². The molecule has 0 saturated carbocycles. The Balaban J connectivity index is 0.000000226. The molecule has 0 aromatic heterocycles. The third kappa shape index (κ3) is 8.65. The molecule has 2 saturated heterocycles. The maximum Gasteiger partial charge on any atom is 0.229 e. The lowest BCUT2D eigenvalue weighted by Gasteiger charge is -2.24. The van der Waals surface area contributed by atoms with Gasteiger partial charge >= 0.3 is 0 Å². The second kappa shape index (κ2) is 15.6. The van der Waals surface area contributed by atoms with Crippen LogP contribution in [-0.4, -0.2) is 85.7 Å². The van der Waals surface area contributed by atoms with Crippen molar-refractivity contribution < 1.29 is 43.0 Å². The molecule has 218 valence electrons. The molecule has 2 aromatic carbocycles. The predicted molar refractivity (Wildman–Crippen MR) is 150 cm³/mol. The first kappa shape index (κ1) is 31.3. The monoisotopic (exact) mass is 584 g/mol. The Morgan fingerprint density at radius 1 is 0.707 bits per heavy atom. The van der Waals surface area contributed by atoms with Crippen molar-refractivity contribution in [2.75, 3.05) is 39.7 Å². The van der Waals surface area contributed by atoms with Gasteiger partial charge in [-0.1, -0.05) is 6.07 Å². The predicted octanol–water partition coefficient (Wildman–Crippen LogP) is 3.17. The largest absolute Gasteiger partial charge is 0.496 e. The number of carbonyl (C=O) groups is 6. The van der Waals surface area contributed by atoms with Crippen LogP contribution < -0.4 is 14.2 Å². The number of hydrogen-bond acceptors (Lipinski definition) is 10. The van der Waals surface area contributed by atoms with E-state index in [0.717, 1.165) is 17.5 Å². The van der Waals surface area contributed by atoms with E-state index in [9.17, 15) is 28.8 Å². The fourth-order valence-corrected chi connectivity index (χ4v) is 5.11. The molecule has 0 atom stereocenters. The van der Waals surface area contributed by atoms with Gasteiger partial charge < -0.3 is 14.2 Å². The van der Waals surface area contributed by atoms with Crippen LogP contribution in [0.4, 0.5) is 0 Å². The van der Waals surface area contributed by atoms with Crippen LogP contribution in [0.2, 0.25) is 0 Å². The highest BCUT2D eigenvalue weighted by molar-refractivity contribution is 7.99. The van der Waals surface area contributed by atoms with Crippen LogP contribution in [-0.2, 0) is 19.2 Å². The van der Waals surface area contributed by atoms with Crippen LogP contribution in [0.3, 0.4) is 0 Å². The van der Waals surface area contributed by atoms with Crippen molar-refractivity contribution in [1.29, 1.82) is 0 Å². The maximum absolute atomic E-state index is 11.6. The number of methoxy groups -OCH3 is 2. The van der Waals surface area contributed by atoms with Crippen LogP contribution >= 0.6 is 11.8 Å². The molecule has 0 N–H and O–H groups in total. The Hall–Kier alpha value is -4.19. The number of ether oxygens (including phenoxy) is 3. The maximum atomic E-state index is 11.6. The first-order valence-electron chi connectivity index (χ1n) is 13.0. The lowest BCUT2D eigenvalue weighted by molar-refractivity contribution is -0.148. The molecule has 2 fully saturated rings. The topological polar surface area (TPSA) is 137 Å². The first-order chi connectivity index (χ1) is 19.8. The summed E-state index contributed by atoms with van der Waals surface area (Å²) >= 11 is 1.49. The van der Waals surface area contributed by atoms with Crippen molar-refractivity contribution in [3.63, 3.8) is 0 Å². The number of likely N-dealkylation sites (tertiary alicyclic amines) is 2. The lowest BCUT2D eigenvalue weighted by Crippen LogP contribution is -2.42. The standard InChI is InChI=1S/C15H17NO5.C14H15NO4S/c1-20-13-9-11(10-17)5-6-12(13)21-8-7-16-14(18)3-2-4-15(16)19;1-19-11-8-10(9-16)2-3-12(11)20-7-6-15-13(17)4-5-14(15)18/h5-6,9-10H,2-4,7-8H2,1H3;2-3,8-9H,4-7H2,1H3. The normalized spacial score (nSPS) is 14.9. The van der Waals surface area contributed by atoms with E-state index >= 15 is 0 Å². The zero-order valence-corrected chi connectivity index (χ0v) is 23.8. The van der Waals surface area contributed by atoms with Crippen molar-refractivity contribution in [3.05, 3.63) is 47.5 Å². The molecule has 4 rings (SSSR count). The number of amides is 4. The second-order valence-corrected chi connectivity index (χ2v) is 10.1. The molecule has 0 spiro atoms. The van der Waals surface area contributed by atoms with E-state index in [4.69, 9.17) is 14.2 Å². The van der Waals surface area contributed by atoms with E-state index in [2.05, 4.69) is 0 Å². The molecule has 2 heterocycles. The summed E-state index contributed by atoms with van der Waals surface area (Å²) in [6.07, 6.45) is 3.56. The van der Waals surface area contributed by atoms with Gasteiger partial charge in [0.1, 0.15) is 24.9 Å². The lowest BCUT2D eigenvalue weighted by atomic mass is 10.1. The summed E-state index contributed by atoms with van der Waals surface area (Å²) in [5.74, 6) is 1.64. The molecule has 0 unspecified atom stereocenters. The van der Waals surface area contributed by atoms with Crippen molar-refractivity contribution in [1.82, 2.24) is 9.80 Å². The first-order valence-corrected chi connectivity index (χ1v) is 14.0. The molecule has 2 aliphatic heterocycles. The van der Waals surface area contributed by atoms with Crippen LogP contribution in [0, 0.1) is 0 Å². The minimum Gasteiger partial charge on any atom is -0.496 e. The highest BCUT2D eigenvalue weighted by Crippen LogP contribution is 2.30. The van der Waals surface area contributed by atoms with E-state index in [-0.39, 0.29) is 36.8 Å². The number of hydrogen-bond donors (Lipinski definition) is 0. The van der Waals surface area contributed by atoms with Gasteiger partial charge in [0.2, 0.25) is 23.6 Å². The molecule has 2 aliphatic rings. The van der Waals surface area contributed by atoms with E-state index in [1.54, 1.807) is 43.5 Å². The third-order valence-electron chi connectivity index (χ3n) is 6.33. The average molecular weight is 585 g/mol. The van der Waals surface area contributed by atoms with Crippen molar-refractivity contribution in [2.24, 2.45) is 0 Å². The smallest absolute Gasteiger partial charge is 0.229 e. The Morgan fingerprint density at radius 3 is 1.83 bits per heavy atom. The molecule has 11 nitrogen and oxygen atoms in total.